The van der Waals surface area contributed by atoms with Crippen LogP contribution in [0, 0.1) is 0 Å². The number of nitrogens with zero attached hydrogens (tertiary/aromatic N) is 2. The first-order valence-electron chi connectivity index (χ1n) is 6.69. The molecule has 0 spiro atoms. The van der Waals surface area contributed by atoms with Gasteiger partial charge in [-0.2, -0.15) is 9.97 Å². The lowest BCUT2D eigenvalue weighted by atomic mass is 10.2. The number of aromatic nitrogens is 2. The summed E-state index contributed by atoms with van der Waals surface area (Å²) in [5, 5.41) is 0.204. The van der Waals surface area contributed by atoms with Crippen molar-refractivity contribution in [2.75, 3.05) is 20.8 Å². The average molecular weight is 339 g/mol. The Morgan fingerprint density at radius 1 is 1.17 bits per heavy atom. The summed E-state index contributed by atoms with van der Waals surface area (Å²) >= 11 is 6.07. The van der Waals surface area contributed by atoms with Crippen molar-refractivity contribution in [3.05, 3.63) is 34.9 Å². The van der Waals surface area contributed by atoms with Crippen LogP contribution < -0.4 is 14.2 Å². The van der Waals surface area contributed by atoms with E-state index in [0.717, 1.165) is 0 Å². The molecule has 0 N–H and O–H groups in total. The number of methoxy groups -OCH3 is 2. The predicted molar refractivity (Wildman–Crippen MR) is 82.6 cm³/mol. The maximum Gasteiger partial charge on any atom is 0.343 e. The zero-order chi connectivity index (χ0) is 16.8. The molecule has 0 saturated carbocycles. The summed E-state index contributed by atoms with van der Waals surface area (Å²) in [6, 6.07) is 6.21. The summed E-state index contributed by atoms with van der Waals surface area (Å²) in [4.78, 5) is 20.1. The molecule has 2 rings (SSSR count). The maximum atomic E-state index is 12.0. The molecule has 0 unspecified atom stereocenters. The van der Waals surface area contributed by atoms with Crippen molar-refractivity contribution in [3.63, 3.8) is 0 Å². The summed E-state index contributed by atoms with van der Waals surface area (Å²) in [6.45, 7) is 1.91. The Bertz CT molecular complexity index is 686. The summed E-state index contributed by atoms with van der Waals surface area (Å²) in [5.41, 5.74) is 0.0985. The SMILES string of the molecule is CCOC(=O)c1c(Cl)cccc1Oc1nc(OC)cc(OC)n1. The Morgan fingerprint density at radius 3 is 2.39 bits per heavy atom. The van der Waals surface area contributed by atoms with Crippen LogP contribution in [-0.2, 0) is 4.74 Å². The maximum absolute atomic E-state index is 12.0. The van der Waals surface area contributed by atoms with Crippen molar-refractivity contribution in [1.82, 2.24) is 9.97 Å². The molecule has 0 atom stereocenters. The molecule has 1 aromatic heterocycles. The summed E-state index contributed by atoms with van der Waals surface area (Å²) in [5.74, 6) is 0.0901. The van der Waals surface area contributed by atoms with E-state index < -0.39 is 5.97 Å². The Labute approximate surface area is 138 Å². The minimum atomic E-state index is -0.594. The Hall–Kier alpha value is -2.54. The highest BCUT2D eigenvalue weighted by molar-refractivity contribution is 6.34. The molecule has 0 bridgehead atoms. The van der Waals surface area contributed by atoms with Crippen LogP contribution in [0.5, 0.6) is 23.5 Å². The number of esters is 1. The Morgan fingerprint density at radius 2 is 1.83 bits per heavy atom. The van der Waals surface area contributed by atoms with E-state index in [1.807, 2.05) is 0 Å². The molecular formula is C15H15ClN2O5. The minimum Gasteiger partial charge on any atom is -0.481 e. The standard InChI is InChI=1S/C15H15ClN2O5/c1-4-22-14(19)13-9(16)6-5-7-10(13)23-15-17-11(20-2)8-12(18-15)21-3/h5-8H,4H2,1-3H3. The monoisotopic (exact) mass is 338 g/mol. The largest absolute Gasteiger partial charge is 0.481 e. The second-order valence-corrected chi connectivity index (χ2v) is 4.58. The second-order valence-electron chi connectivity index (χ2n) is 4.17. The number of carbonyl (C=O) groups excluding carboxylic acids is 1. The average Bonchev–Trinajstić information content (AvgIpc) is 2.54. The van der Waals surface area contributed by atoms with Gasteiger partial charge in [0.2, 0.25) is 11.8 Å². The van der Waals surface area contributed by atoms with Crippen LogP contribution in [-0.4, -0.2) is 36.8 Å². The third-order valence-electron chi connectivity index (χ3n) is 2.73. The smallest absolute Gasteiger partial charge is 0.343 e. The van der Waals surface area contributed by atoms with Crippen LogP contribution >= 0.6 is 11.6 Å². The van der Waals surface area contributed by atoms with Crippen molar-refractivity contribution in [1.29, 1.82) is 0 Å². The van der Waals surface area contributed by atoms with Crippen molar-refractivity contribution < 1.29 is 23.7 Å². The molecule has 8 heteroatoms. The number of hydrogen-bond acceptors (Lipinski definition) is 7. The second kappa shape index (κ2) is 7.64. The van der Waals surface area contributed by atoms with Gasteiger partial charge in [-0.15, -0.1) is 0 Å². The number of rotatable bonds is 6. The number of ether oxygens (including phenoxy) is 4. The van der Waals surface area contributed by atoms with Crippen LogP contribution in [0.1, 0.15) is 17.3 Å². The molecule has 0 saturated heterocycles. The Balaban J connectivity index is 2.40. The number of hydrogen-bond donors (Lipinski definition) is 0. The number of benzene rings is 1. The van der Waals surface area contributed by atoms with E-state index in [4.69, 9.17) is 30.5 Å². The van der Waals surface area contributed by atoms with Gasteiger partial charge in [0.05, 0.1) is 31.9 Å². The summed E-state index contributed by atoms with van der Waals surface area (Å²) in [6.07, 6.45) is 0. The third-order valence-corrected chi connectivity index (χ3v) is 3.05. The fraction of sp³-hybridized carbons (Fsp3) is 0.267. The number of halogens is 1. The topological polar surface area (TPSA) is 79.8 Å². The minimum absolute atomic E-state index is 0.0472. The lowest BCUT2D eigenvalue weighted by Gasteiger charge is -2.11. The zero-order valence-corrected chi connectivity index (χ0v) is 13.6. The van der Waals surface area contributed by atoms with Gasteiger partial charge in [-0.05, 0) is 19.1 Å². The molecular weight excluding hydrogens is 324 g/mol. The molecule has 122 valence electrons. The molecule has 0 fully saturated rings. The van der Waals surface area contributed by atoms with Gasteiger partial charge in [0.25, 0.3) is 0 Å². The van der Waals surface area contributed by atoms with Crippen LogP contribution in [0.15, 0.2) is 24.3 Å². The fourth-order valence-electron chi connectivity index (χ4n) is 1.73. The van der Waals surface area contributed by atoms with Crippen molar-refractivity contribution in [2.24, 2.45) is 0 Å². The molecule has 23 heavy (non-hydrogen) atoms. The van der Waals surface area contributed by atoms with Crippen molar-refractivity contribution >= 4 is 17.6 Å². The summed E-state index contributed by atoms with van der Waals surface area (Å²) < 4.78 is 20.7. The highest BCUT2D eigenvalue weighted by Crippen LogP contribution is 2.31. The van der Waals surface area contributed by atoms with Crippen molar-refractivity contribution in [3.8, 4) is 23.5 Å². The molecule has 1 heterocycles. The first-order chi connectivity index (χ1) is 11.1. The van der Waals surface area contributed by atoms with Crippen LogP contribution in [0.2, 0.25) is 5.02 Å². The van der Waals surface area contributed by atoms with Gasteiger partial charge in [-0.25, -0.2) is 4.79 Å². The van der Waals surface area contributed by atoms with E-state index in [1.54, 1.807) is 25.1 Å². The molecule has 0 radical (unpaired) electrons. The Kier molecular flexibility index (Phi) is 5.59. The van der Waals surface area contributed by atoms with Crippen LogP contribution in [0.4, 0.5) is 0 Å². The van der Waals surface area contributed by atoms with Crippen molar-refractivity contribution in [2.45, 2.75) is 6.92 Å². The van der Waals surface area contributed by atoms with Gasteiger partial charge in [0, 0.05) is 0 Å². The van der Waals surface area contributed by atoms with Gasteiger partial charge in [0.1, 0.15) is 11.3 Å². The predicted octanol–water partition coefficient (Wildman–Crippen LogP) is 3.12. The molecule has 1 aromatic carbocycles. The van der Waals surface area contributed by atoms with Gasteiger partial charge >= 0.3 is 12.0 Å². The van der Waals surface area contributed by atoms with Gasteiger partial charge in [0.15, 0.2) is 0 Å². The van der Waals surface area contributed by atoms with Gasteiger partial charge < -0.3 is 18.9 Å². The molecule has 0 aliphatic heterocycles. The first-order valence-corrected chi connectivity index (χ1v) is 7.07. The van der Waals surface area contributed by atoms with Gasteiger partial charge in [-0.3, -0.25) is 0 Å². The highest BCUT2D eigenvalue weighted by Gasteiger charge is 2.19. The fourth-order valence-corrected chi connectivity index (χ4v) is 1.97. The molecule has 7 nitrogen and oxygen atoms in total. The third kappa shape index (κ3) is 4.01. The van der Waals surface area contributed by atoms with Gasteiger partial charge in [-0.1, -0.05) is 17.7 Å². The highest BCUT2D eigenvalue weighted by atomic mass is 35.5. The molecule has 0 amide bonds. The number of carbonyl (C=O) groups is 1. The molecule has 2 aromatic rings. The van der Waals surface area contributed by atoms with E-state index in [-0.39, 0.29) is 40.7 Å². The quantitative estimate of drug-likeness (QED) is 0.748. The van der Waals surface area contributed by atoms with E-state index in [9.17, 15) is 4.79 Å². The normalized spacial score (nSPS) is 10.1. The lowest BCUT2D eigenvalue weighted by Crippen LogP contribution is -2.08. The van der Waals surface area contributed by atoms with E-state index in [2.05, 4.69) is 9.97 Å². The van der Waals surface area contributed by atoms with Crippen LogP contribution in [0.25, 0.3) is 0 Å². The zero-order valence-electron chi connectivity index (χ0n) is 12.8. The van der Waals surface area contributed by atoms with E-state index in [1.165, 1.54) is 20.3 Å². The van der Waals surface area contributed by atoms with E-state index >= 15 is 0 Å². The molecule has 0 aliphatic carbocycles. The van der Waals surface area contributed by atoms with Crippen LogP contribution in [0.3, 0.4) is 0 Å². The lowest BCUT2D eigenvalue weighted by molar-refractivity contribution is 0.0523. The first kappa shape index (κ1) is 16.8. The molecule has 0 aliphatic rings. The summed E-state index contributed by atoms with van der Waals surface area (Å²) in [7, 11) is 2.91. The van der Waals surface area contributed by atoms with E-state index in [0.29, 0.717) is 0 Å².